The fraction of sp³-hybridized carbons (Fsp3) is 0.292. The number of hydrogen-bond donors (Lipinski definition) is 2. The number of nitrogens with two attached hydrogens (primary N) is 1. The highest BCUT2D eigenvalue weighted by Gasteiger charge is 2.37. The molecule has 158 valence electrons. The predicted octanol–water partition coefficient (Wildman–Crippen LogP) is 2.99. The molecule has 0 spiro atoms. The van der Waals surface area contributed by atoms with Gasteiger partial charge in [-0.3, -0.25) is 14.6 Å². The molecule has 1 atom stereocenters. The molecule has 31 heavy (non-hydrogen) atoms. The first-order valence-corrected chi connectivity index (χ1v) is 10.7. The summed E-state index contributed by atoms with van der Waals surface area (Å²) in [6.07, 6.45) is 2.03. The van der Waals surface area contributed by atoms with E-state index in [0.29, 0.717) is 24.7 Å². The number of amides is 2. The van der Waals surface area contributed by atoms with Gasteiger partial charge < -0.3 is 15.6 Å². The zero-order valence-corrected chi connectivity index (χ0v) is 17.2. The normalized spacial score (nSPS) is 19.6. The minimum Gasteiger partial charge on any atom is -0.368 e. The number of nitrogens with one attached hydrogen (secondary N) is 1. The minimum absolute atomic E-state index is 0.0974. The van der Waals surface area contributed by atoms with Gasteiger partial charge in [-0.1, -0.05) is 36.4 Å². The molecule has 3 N–H and O–H groups in total. The maximum atomic E-state index is 13.1. The number of hydrazone groups is 1. The van der Waals surface area contributed by atoms with Crippen LogP contribution in [0, 0.1) is 0 Å². The Morgan fingerprint density at radius 1 is 1.00 bits per heavy atom. The molecule has 5 rings (SSSR count). The maximum Gasteiger partial charge on any atom is 0.270 e. The molecule has 2 aliphatic heterocycles. The van der Waals surface area contributed by atoms with Crippen molar-refractivity contribution in [1.82, 2.24) is 9.88 Å². The molecule has 7 nitrogen and oxygen atoms in total. The summed E-state index contributed by atoms with van der Waals surface area (Å²) in [7, 11) is 0. The summed E-state index contributed by atoms with van der Waals surface area (Å²) < 4.78 is 0. The number of nitrogens with zero attached hydrogens (tertiary/aromatic N) is 3. The van der Waals surface area contributed by atoms with E-state index in [-0.39, 0.29) is 12.3 Å². The summed E-state index contributed by atoms with van der Waals surface area (Å²) in [5, 5.41) is 7.29. The van der Waals surface area contributed by atoms with E-state index in [1.807, 2.05) is 47.4 Å². The zero-order valence-electron chi connectivity index (χ0n) is 17.2. The van der Waals surface area contributed by atoms with E-state index in [4.69, 9.17) is 5.73 Å². The number of primary amides is 1. The molecule has 3 aromatic rings. The predicted molar refractivity (Wildman–Crippen MR) is 121 cm³/mol. The van der Waals surface area contributed by atoms with Gasteiger partial charge in [0, 0.05) is 36.6 Å². The van der Waals surface area contributed by atoms with Gasteiger partial charge >= 0.3 is 0 Å². The van der Waals surface area contributed by atoms with Crippen LogP contribution < -0.4 is 10.7 Å². The Morgan fingerprint density at radius 3 is 2.42 bits per heavy atom. The third-order valence-electron chi connectivity index (χ3n) is 6.28. The first kappa shape index (κ1) is 19.4. The molecule has 0 radical (unpaired) electrons. The van der Waals surface area contributed by atoms with Crippen molar-refractivity contribution in [2.24, 2.45) is 10.8 Å². The smallest absolute Gasteiger partial charge is 0.270 e. The second kappa shape index (κ2) is 7.91. The third-order valence-corrected chi connectivity index (χ3v) is 6.28. The number of hydrogen-bond acceptors (Lipinski definition) is 4. The van der Waals surface area contributed by atoms with E-state index in [0.717, 1.165) is 24.0 Å². The van der Waals surface area contributed by atoms with Gasteiger partial charge in [0.15, 0.2) is 0 Å². The highest BCUT2D eigenvalue weighted by atomic mass is 16.2. The summed E-state index contributed by atoms with van der Waals surface area (Å²) in [5.74, 6) is -0.172. The lowest BCUT2D eigenvalue weighted by Gasteiger charge is -2.31. The van der Waals surface area contributed by atoms with Crippen LogP contribution in [0.3, 0.4) is 0 Å². The fourth-order valence-electron chi connectivity index (χ4n) is 4.57. The molecule has 7 heteroatoms. The van der Waals surface area contributed by atoms with E-state index >= 15 is 0 Å². The van der Waals surface area contributed by atoms with Crippen LogP contribution in [0.2, 0.25) is 0 Å². The minimum atomic E-state index is -0.634. The summed E-state index contributed by atoms with van der Waals surface area (Å²) in [4.78, 5) is 30.5. The van der Waals surface area contributed by atoms with Crippen molar-refractivity contribution in [2.45, 2.75) is 31.2 Å². The van der Waals surface area contributed by atoms with Crippen molar-refractivity contribution >= 4 is 34.1 Å². The number of carbonyl (C=O) groups excluding carboxylic acids is 2. The Bertz CT molecular complexity index is 1110. The van der Waals surface area contributed by atoms with E-state index in [2.05, 4.69) is 28.3 Å². The van der Waals surface area contributed by atoms with Gasteiger partial charge in [0.1, 0.15) is 11.8 Å². The van der Waals surface area contributed by atoms with Gasteiger partial charge in [-0.25, -0.2) is 0 Å². The topological polar surface area (TPSA) is 94.8 Å². The standard InChI is InChI=1S/C24H25N5O2/c25-23(30)22-15-21(27-29(22)18-7-2-1-3-8-18)24(31)28-12-10-16(11-13-28)20-14-17-6-4-5-9-19(17)26-20/h1-9,14,16,22,26H,10-13,15H2,(H2,25,30). The van der Waals surface area contributed by atoms with Gasteiger partial charge in [0.2, 0.25) is 5.91 Å². The monoisotopic (exact) mass is 415 g/mol. The Kier molecular flexibility index (Phi) is 4.94. The number of anilines is 1. The van der Waals surface area contributed by atoms with Crippen LogP contribution in [0.1, 0.15) is 30.9 Å². The first-order valence-electron chi connectivity index (χ1n) is 10.7. The molecule has 1 unspecified atom stereocenters. The number of aromatic amines is 1. The van der Waals surface area contributed by atoms with Crippen molar-refractivity contribution in [3.63, 3.8) is 0 Å². The lowest BCUT2D eigenvalue weighted by atomic mass is 9.93. The van der Waals surface area contributed by atoms with E-state index in [1.54, 1.807) is 5.01 Å². The van der Waals surface area contributed by atoms with Gasteiger partial charge in [0.25, 0.3) is 5.91 Å². The highest BCUT2D eigenvalue weighted by Crippen LogP contribution is 2.31. The van der Waals surface area contributed by atoms with E-state index < -0.39 is 11.9 Å². The van der Waals surface area contributed by atoms with E-state index in [1.165, 1.54) is 11.1 Å². The third kappa shape index (κ3) is 3.67. The Balaban J connectivity index is 1.28. The number of likely N-dealkylation sites (tertiary alicyclic amines) is 1. The number of piperidine rings is 1. The van der Waals surface area contributed by atoms with Gasteiger partial charge in [-0.15, -0.1) is 0 Å². The molecule has 2 aliphatic rings. The molecule has 2 amide bonds. The van der Waals surface area contributed by atoms with Crippen molar-refractivity contribution < 1.29 is 9.59 Å². The van der Waals surface area contributed by atoms with Crippen LogP contribution in [0.15, 0.2) is 65.8 Å². The average Bonchev–Trinajstić information content (AvgIpc) is 3.44. The summed E-state index contributed by atoms with van der Waals surface area (Å²) in [6, 6.07) is 19.2. The lowest BCUT2D eigenvalue weighted by molar-refractivity contribution is -0.125. The molecule has 0 bridgehead atoms. The zero-order chi connectivity index (χ0) is 21.4. The molecule has 1 fully saturated rings. The number of H-pyrrole nitrogens is 1. The fourth-order valence-corrected chi connectivity index (χ4v) is 4.57. The van der Waals surface area contributed by atoms with Crippen molar-refractivity contribution in [1.29, 1.82) is 0 Å². The van der Waals surface area contributed by atoms with Crippen LogP contribution in [0.5, 0.6) is 0 Å². The Morgan fingerprint density at radius 2 is 1.71 bits per heavy atom. The molecule has 3 heterocycles. The quantitative estimate of drug-likeness (QED) is 0.686. The lowest BCUT2D eigenvalue weighted by Crippen LogP contribution is -2.42. The Labute approximate surface area is 180 Å². The second-order valence-electron chi connectivity index (χ2n) is 8.23. The number of fused-ring (bicyclic) bond motifs is 1. The summed E-state index contributed by atoms with van der Waals surface area (Å²) >= 11 is 0. The number of para-hydroxylation sites is 2. The molecule has 1 aromatic heterocycles. The highest BCUT2D eigenvalue weighted by molar-refractivity contribution is 6.40. The largest absolute Gasteiger partial charge is 0.368 e. The molecule has 0 aliphatic carbocycles. The van der Waals surface area contributed by atoms with Crippen LogP contribution >= 0.6 is 0 Å². The molecule has 2 aromatic carbocycles. The molecular weight excluding hydrogens is 390 g/mol. The number of carbonyl (C=O) groups is 2. The van der Waals surface area contributed by atoms with Gasteiger partial charge in [-0.05, 0) is 42.5 Å². The number of aromatic nitrogens is 1. The van der Waals surface area contributed by atoms with Crippen molar-refractivity contribution in [3.8, 4) is 0 Å². The van der Waals surface area contributed by atoms with Gasteiger partial charge in [-0.2, -0.15) is 5.10 Å². The average molecular weight is 415 g/mol. The first-order chi connectivity index (χ1) is 15.1. The van der Waals surface area contributed by atoms with Crippen LogP contribution in [-0.4, -0.2) is 46.5 Å². The maximum absolute atomic E-state index is 13.1. The van der Waals surface area contributed by atoms with Crippen LogP contribution in [-0.2, 0) is 9.59 Å². The number of benzene rings is 2. The molecular formula is C24H25N5O2. The SMILES string of the molecule is NC(=O)C1CC(C(=O)N2CCC(c3cc4ccccc4[nH]3)CC2)=NN1c1ccccc1. The second-order valence-corrected chi connectivity index (χ2v) is 8.23. The molecule has 0 saturated carbocycles. The summed E-state index contributed by atoms with van der Waals surface area (Å²) in [6.45, 7) is 1.34. The van der Waals surface area contributed by atoms with Crippen LogP contribution in [0.4, 0.5) is 5.69 Å². The summed E-state index contributed by atoms with van der Waals surface area (Å²) in [5.41, 5.74) is 9.13. The van der Waals surface area contributed by atoms with Gasteiger partial charge in [0.05, 0.1) is 5.69 Å². The molecule has 1 saturated heterocycles. The van der Waals surface area contributed by atoms with Crippen molar-refractivity contribution in [2.75, 3.05) is 18.1 Å². The van der Waals surface area contributed by atoms with Crippen LogP contribution in [0.25, 0.3) is 10.9 Å². The van der Waals surface area contributed by atoms with Crippen molar-refractivity contribution in [3.05, 3.63) is 66.4 Å². The number of rotatable bonds is 4. The van der Waals surface area contributed by atoms with E-state index in [9.17, 15) is 9.59 Å². The Hall–Kier alpha value is -3.61.